The SMILES string of the molecule is Cc1ccc(C(=O)Nc2cc(C(F)(F)F)ccc2NCCN2CCCC2)cc1C#Cc1cnc2ccccn12. The van der Waals surface area contributed by atoms with Gasteiger partial charge in [0, 0.05) is 30.4 Å². The number of benzene rings is 2. The molecule has 5 rings (SSSR count). The minimum absolute atomic E-state index is 0.0789. The zero-order valence-electron chi connectivity index (χ0n) is 21.5. The van der Waals surface area contributed by atoms with E-state index < -0.39 is 17.6 Å². The average molecular weight is 532 g/mol. The van der Waals surface area contributed by atoms with E-state index in [1.165, 1.54) is 6.07 Å². The third-order valence-corrected chi connectivity index (χ3v) is 6.78. The molecule has 6 nitrogen and oxygen atoms in total. The van der Waals surface area contributed by atoms with Crippen LogP contribution in [0, 0.1) is 18.8 Å². The molecule has 3 heterocycles. The fraction of sp³-hybridized carbons (Fsp3) is 0.267. The summed E-state index contributed by atoms with van der Waals surface area (Å²) in [7, 11) is 0. The summed E-state index contributed by atoms with van der Waals surface area (Å²) in [6, 6.07) is 14.1. The van der Waals surface area contributed by atoms with Crippen molar-refractivity contribution in [1.29, 1.82) is 0 Å². The first-order valence-electron chi connectivity index (χ1n) is 12.8. The van der Waals surface area contributed by atoms with E-state index in [0.717, 1.165) is 55.8 Å². The number of aryl methyl sites for hydroxylation is 1. The Hall–Kier alpha value is -4.29. The van der Waals surface area contributed by atoms with Crippen molar-refractivity contribution >= 4 is 22.9 Å². The molecule has 0 atom stereocenters. The summed E-state index contributed by atoms with van der Waals surface area (Å²) in [6.07, 6.45) is 1.33. The van der Waals surface area contributed by atoms with Gasteiger partial charge in [-0.1, -0.05) is 18.1 Å². The molecule has 9 heteroatoms. The molecular weight excluding hydrogens is 503 g/mol. The lowest BCUT2D eigenvalue weighted by Gasteiger charge is -2.19. The monoisotopic (exact) mass is 531 g/mol. The fourth-order valence-electron chi connectivity index (χ4n) is 4.58. The van der Waals surface area contributed by atoms with Crippen molar-refractivity contribution in [2.75, 3.05) is 36.8 Å². The number of nitrogens with zero attached hydrogens (tertiary/aromatic N) is 3. The third-order valence-electron chi connectivity index (χ3n) is 6.78. The molecule has 200 valence electrons. The molecule has 0 bridgehead atoms. The third kappa shape index (κ3) is 6.24. The van der Waals surface area contributed by atoms with Gasteiger partial charge in [-0.25, -0.2) is 4.98 Å². The highest BCUT2D eigenvalue weighted by Crippen LogP contribution is 2.34. The van der Waals surface area contributed by atoms with Crippen molar-refractivity contribution in [3.05, 3.63) is 94.9 Å². The van der Waals surface area contributed by atoms with Gasteiger partial charge in [-0.3, -0.25) is 9.20 Å². The van der Waals surface area contributed by atoms with E-state index in [1.807, 2.05) is 35.7 Å². The van der Waals surface area contributed by atoms with E-state index in [-0.39, 0.29) is 5.69 Å². The van der Waals surface area contributed by atoms with Crippen molar-refractivity contribution in [3.63, 3.8) is 0 Å². The number of halogens is 3. The fourth-order valence-corrected chi connectivity index (χ4v) is 4.58. The molecule has 0 unspecified atom stereocenters. The largest absolute Gasteiger partial charge is 0.416 e. The zero-order valence-corrected chi connectivity index (χ0v) is 21.5. The number of amides is 1. The summed E-state index contributed by atoms with van der Waals surface area (Å²) >= 11 is 0. The van der Waals surface area contributed by atoms with Crippen LogP contribution in [0.3, 0.4) is 0 Å². The van der Waals surface area contributed by atoms with E-state index in [2.05, 4.69) is 32.4 Å². The highest BCUT2D eigenvalue weighted by atomic mass is 19.4. The van der Waals surface area contributed by atoms with Crippen molar-refractivity contribution in [2.45, 2.75) is 25.9 Å². The molecule has 0 saturated carbocycles. The minimum atomic E-state index is -4.53. The number of imidazole rings is 1. The minimum Gasteiger partial charge on any atom is -0.382 e. The summed E-state index contributed by atoms with van der Waals surface area (Å²) in [5, 5.41) is 5.87. The summed E-state index contributed by atoms with van der Waals surface area (Å²) < 4.78 is 42.2. The summed E-state index contributed by atoms with van der Waals surface area (Å²) in [4.78, 5) is 19.8. The number of fused-ring (bicyclic) bond motifs is 1. The average Bonchev–Trinajstić information content (AvgIpc) is 3.58. The zero-order chi connectivity index (χ0) is 27.4. The summed E-state index contributed by atoms with van der Waals surface area (Å²) in [5.41, 5.74) is 2.98. The number of likely N-dealkylation sites (tertiary alicyclic amines) is 1. The normalized spacial score (nSPS) is 13.7. The van der Waals surface area contributed by atoms with Crippen LogP contribution >= 0.6 is 0 Å². The molecule has 2 aromatic carbocycles. The number of carbonyl (C=O) groups excluding carboxylic acids is 1. The second-order valence-corrected chi connectivity index (χ2v) is 9.54. The van der Waals surface area contributed by atoms with Gasteiger partial charge in [-0.05, 0) is 86.8 Å². The van der Waals surface area contributed by atoms with Crippen LogP contribution < -0.4 is 10.6 Å². The number of hydrogen-bond acceptors (Lipinski definition) is 4. The Bertz CT molecular complexity index is 1560. The van der Waals surface area contributed by atoms with Crippen LogP contribution in [0.1, 0.15) is 45.6 Å². The standard InChI is InChI=1S/C30H28F3N5O/c1-21-7-8-23(18-22(21)9-11-25-20-35-28-6-2-3-16-38(25)28)29(39)36-27-19-24(30(31,32)33)10-12-26(27)34-13-17-37-14-4-5-15-37/h2-3,6-8,10,12,16,18-20,34H,4-5,13-15,17H2,1H3,(H,36,39). The van der Waals surface area contributed by atoms with Gasteiger partial charge in [0.2, 0.25) is 0 Å². The highest BCUT2D eigenvalue weighted by molar-refractivity contribution is 6.06. The lowest BCUT2D eigenvalue weighted by Crippen LogP contribution is -2.26. The Labute approximate surface area is 224 Å². The molecule has 2 N–H and O–H groups in total. The van der Waals surface area contributed by atoms with Gasteiger partial charge < -0.3 is 15.5 Å². The van der Waals surface area contributed by atoms with E-state index in [0.29, 0.717) is 29.1 Å². The van der Waals surface area contributed by atoms with Crippen LogP contribution in [0.25, 0.3) is 5.65 Å². The second-order valence-electron chi connectivity index (χ2n) is 9.54. The number of alkyl halides is 3. The van der Waals surface area contributed by atoms with Crippen LogP contribution in [-0.2, 0) is 6.18 Å². The van der Waals surface area contributed by atoms with E-state index in [4.69, 9.17) is 0 Å². The Morgan fingerprint density at radius 3 is 2.64 bits per heavy atom. The molecule has 2 aromatic heterocycles. The van der Waals surface area contributed by atoms with Gasteiger partial charge in [-0.15, -0.1) is 0 Å². The lowest BCUT2D eigenvalue weighted by molar-refractivity contribution is -0.137. The molecule has 39 heavy (non-hydrogen) atoms. The molecule has 1 amide bonds. The Morgan fingerprint density at radius 2 is 1.85 bits per heavy atom. The second kappa shape index (κ2) is 11.2. The van der Waals surface area contributed by atoms with Gasteiger partial charge in [0.1, 0.15) is 11.3 Å². The maximum Gasteiger partial charge on any atom is 0.416 e. The van der Waals surface area contributed by atoms with Crippen molar-refractivity contribution in [2.24, 2.45) is 0 Å². The maximum absolute atomic E-state index is 13.5. The molecule has 1 fully saturated rings. The first-order chi connectivity index (χ1) is 18.8. The summed E-state index contributed by atoms with van der Waals surface area (Å²) in [5.74, 6) is 5.69. The molecule has 0 aliphatic carbocycles. The Morgan fingerprint density at radius 1 is 1.03 bits per heavy atom. The summed E-state index contributed by atoms with van der Waals surface area (Å²) in [6.45, 7) is 5.26. The number of carbonyl (C=O) groups is 1. The van der Waals surface area contributed by atoms with Crippen LogP contribution in [0.15, 0.2) is 67.0 Å². The highest BCUT2D eigenvalue weighted by Gasteiger charge is 2.31. The number of aromatic nitrogens is 2. The molecule has 0 radical (unpaired) electrons. The van der Waals surface area contributed by atoms with Crippen molar-refractivity contribution in [1.82, 2.24) is 14.3 Å². The van der Waals surface area contributed by atoms with Crippen molar-refractivity contribution in [3.8, 4) is 11.8 Å². The van der Waals surface area contributed by atoms with Crippen LogP contribution in [0.4, 0.5) is 24.5 Å². The Balaban J connectivity index is 1.37. The molecule has 1 aliphatic rings. The predicted octanol–water partition coefficient (Wildman–Crippen LogP) is 5.82. The Kier molecular flexibility index (Phi) is 7.57. The number of hydrogen-bond donors (Lipinski definition) is 2. The van der Waals surface area contributed by atoms with E-state index >= 15 is 0 Å². The molecular formula is C30H28F3N5O. The van der Waals surface area contributed by atoms with E-state index in [1.54, 1.807) is 24.4 Å². The number of anilines is 2. The maximum atomic E-state index is 13.5. The van der Waals surface area contributed by atoms with Gasteiger partial charge in [-0.2, -0.15) is 13.2 Å². The molecule has 1 aliphatic heterocycles. The van der Waals surface area contributed by atoms with E-state index in [9.17, 15) is 18.0 Å². The van der Waals surface area contributed by atoms with Gasteiger partial charge in [0.05, 0.1) is 23.1 Å². The quantitative estimate of drug-likeness (QED) is 0.308. The predicted molar refractivity (Wildman–Crippen MR) is 146 cm³/mol. The molecule has 0 spiro atoms. The smallest absolute Gasteiger partial charge is 0.382 e. The first-order valence-corrected chi connectivity index (χ1v) is 12.8. The van der Waals surface area contributed by atoms with Crippen LogP contribution in [0.2, 0.25) is 0 Å². The number of nitrogens with one attached hydrogen (secondary N) is 2. The topological polar surface area (TPSA) is 61.7 Å². The van der Waals surface area contributed by atoms with Gasteiger partial charge in [0.25, 0.3) is 5.91 Å². The molecule has 4 aromatic rings. The first kappa shape index (κ1) is 26.3. The number of pyridine rings is 1. The molecule has 1 saturated heterocycles. The van der Waals surface area contributed by atoms with Crippen molar-refractivity contribution < 1.29 is 18.0 Å². The van der Waals surface area contributed by atoms with Gasteiger partial charge in [0.15, 0.2) is 0 Å². The van der Waals surface area contributed by atoms with Crippen LogP contribution in [-0.4, -0.2) is 46.4 Å². The van der Waals surface area contributed by atoms with Gasteiger partial charge >= 0.3 is 6.18 Å². The lowest BCUT2D eigenvalue weighted by atomic mass is 10.0. The van der Waals surface area contributed by atoms with Crippen LogP contribution in [0.5, 0.6) is 0 Å². The number of rotatable bonds is 6.